The van der Waals surface area contributed by atoms with Gasteiger partial charge in [0.25, 0.3) is 17.5 Å². The van der Waals surface area contributed by atoms with Crippen LogP contribution in [0.3, 0.4) is 0 Å². The zero-order chi connectivity index (χ0) is 19.1. The van der Waals surface area contributed by atoms with Gasteiger partial charge in [-0.1, -0.05) is 35.3 Å². The molecule has 8 nitrogen and oxygen atoms in total. The van der Waals surface area contributed by atoms with Crippen LogP contribution in [0.4, 0.5) is 5.69 Å². The summed E-state index contributed by atoms with van der Waals surface area (Å²) in [4.78, 5) is 33.9. The molecular weight excluding hydrogens is 383 g/mol. The van der Waals surface area contributed by atoms with Crippen molar-refractivity contribution in [1.82, 2.24) is 10.7 Å². The summed E-state index contributed by atoms with van der Waals surface area (Å²) in [5.41, 5.74) is 2.51. The van der Waals surface area contributed by atoms with Gasteiger partial charge in [0.1, 0.15) is 0 Å². The Balaban J connectivity index is 1.88. The number of nitro groups is 1. The molecule has 0 aliphatic carbocycles. The average Bonchev–Trinajstić information content (AvgIpc) is 2.62. The minimum atomic E-state index is -0.603. The summed E-state index contributed by atoms with van der Waals surface area (Å²) in [6, 6.07) is 10.2. The fourth-order valence-electron chi connectivity index (χ4n) is 1.88. The molecule has 0 bridgehead atoms. The van der Waals surface area contributed by atoms with Crippen molar-refractivity contribution >= 4 is 46.9 Å². The van der Waals surface area contributed by atoms with E-state index >= 15 is 0 Å². The van der Waals surface area contributed by atoms with Gasteiger partial charge in [-0.15, -0.1) is 0 Å². The summed E-state index contributed by atoms with van der Waals surface area (Å²) < 4.78 is 0. The van der Waals surface area contributed by atoms with Crippen LogP contribution in [0.15, 0.2) is 47.6 Å². The minimum absolute atomic E-state index is 0.140. The van der Waals surface area contributed by atoms with E-state index in [1.165, 1.54) is 36.4 Å². The van der Waals surface area contributed by atoms with Crippen molar-refractivity contribution in [3.8, 4) is 0 Å². The number of amides is 2. The van der Waals surface area contributed by atoms with Crippen LogP contribution >= 0.6 is 23.2 Å². The van der Waals surface area contributed by atoms with Gasteiger partial charge in [0.05, 0.1) is 33.3 Å². The van der Waals surface area contributed by atoms with E-state index in [-0.39, 0.29) is 28.4 Å². The maximum atomic E-state index is 11.9. The van der Waals surface area contributed by atoms with E-state index in [9.17, 15) is 19.7 Å². The van der Waals surface area contributed by atoms with Gasteiger partial charge in [-0.25, -0.2) is 5.43 Å². The Hall–Kier alpha value is -2.97. The van der Waals surface area contributed by atoms with Gasteiger partial charge < -0.3 is 5.32 Å². The molecule has 0 spiro atoms. The number of carbonyl (C=O) groups excluding carboxylic acids is 2. The number of hydrogen-bond donors (Lipinski definition) is 2. The zero-order valence-corrected chi connectivity index (χ0v) is 14.6. The Bertz CT molecular complexity index is 886. The molecule has 0 aliphatic heterocycles. The van der Waals surface area contributed by atoms with Crippen LogP contribution in [0.2, 0.25) is 10.0 Å². The Morgan fingerprint density at radius 2 is 1.88 bits per heavy atom. The number of hydrazone groups is 1. The van der Waals surface area contributed by atoms with Gasteiger partial charge in [0, 0.05) is 11.6 Å². The minimum Gasteiger partial charge on any atom is -0.343 e. The van der Waals surface area contributed by atoms with Gasteiger partial charge in [0.2, 0.25) is 0 Å². The van der Waals surface area contributed by atoms with Crippen molar-refractivity contribution in [3.05, 3.63) is 73.8 Å². The van der Waals surface area contributed by atoms with Gasteiger partial charge in [-0.2, -0.15) is 5.10 Å². The number of para-hydroxylation sites is 1. The normalized spacial score (nSPS) is 10.5. The molecule has 0 atom stereocenters. The van der Waals surface area contributed by atoms with Crippen LogP contribution in [0, 0.1) is 10.1 Å². The maximum absolute atomic E-state index is 11.9. The first-order valence-electron chi connectivity index (χ1n) is 7.17. The van der Waals surface area contributed by atoms with Gasteiger partial charge in [-0.3, -0.25) is 19.7 Å². The lowest BCUT2D eigenvalue weighted by Gasteiger charge is -2.05. The molecule has 0 saturated carbocycles. The van der Waals surface area contributed by atoms with E-state index in [2.05, 4.69) is 15.8 Å². The Labute approximate surface area is 157 Å². The summed E-state index contributed by atoms with van der Waals surface area (Å²) in [5.74, 6) is -1.12. The molecule has 0 aromatic heterocycles. The largest absolute Gasteiger partial charge is 0.343 e. The monoisotopic (exact) mass is 394 g/mol. The summed E-state index contributed by atoms with van der Waals surface area (Å²) in [7, 11) is 0. The van der Waals surface area contributed by atoms with Crippen LogP contribution in [-0.2, 0) is 4.79 Å². The second-order valence-corrected chi connectivity index (χ2v) is 5.74. The number of benzene rings is 2. The Morgan fingerprint density at radius 3 is 2.58 bits per heavy atom. The molecular formula is C16H12Cl2N4O4. The second-order valence-electron chi connectivity index (χ2n) is 4.92. The standard InChI is InChI=1S/C16H12Cl2N4O4/c17-12-6-5-10(7-13(12)18)16(24)19-9-15(23)21-20-8-11-3-1-2-4-14(11)22(25)26/h1-8H,9H2,(H,19,24)(H,21,23)/b20-8+. The van der Waals surface area contributed by atoms with Crippen LogP contribution in [0.1, 0.15) is 15.9 Å². The highest BCUT2D eigenvalue weighted by Gasteiger charge is 2.11. The molecule has 2 aromatic carbocycles. The molecule has 2 amide bonds. The van der Waals surface area contributed by atoms with Crippen LogP contribution in [0.5, 0.6) is 0 Å². The Morgan fingerprint density at radius 1 is 1.15 bits per heavy atom. The van der Waals surface area contributed by atoms with Crippen molar-refractivity contribution in [3.63, 3.8) is 0 Å². The van der Waals surface area contributed by atoms with Crippen molar-refractivity contribution < 1.29 is 14.5 Å². The summed E-state index contributed by atoms with van der Waals surface area (Å²) in [6.45, 7) is -0.340. The van der Waals surface area contributed by atoms with Crippen LogP contribution < -0.4 is 10.7 Å². The predicted molar refractivity (Wildman–Crippen MR) is 97.6 cm³/mol. The first kappa shape index (κ1) is 19.4. The van der Waals surface area contributed by atoms with E-state index in [1.54, 1.807) is 6.07 Å². The van der Waals surface area contributed by atoms with Gasteiger partial charge in [-0.05, 0) is 24.3 Å². The van der Waals surface area contributed by atoms with E-state index in [0.717, 1.165) is 6.21 Å². The van der Waals surface area contributed by atoms with Gasteiger partial charge >= 0.3 is 0 Å². The highest BCUT2D eigenvalue weighted by Crippen LogP contribution is 2.22. The molecule has 2 N–H and O–H groups in total. The zero-order valence-electron chi connectivity index (χ0n) is 13.1. The molecule has 0 unspecified atom stereocenters. The van der Waals surface area contributed by atoms with Crippen LogP contribution in [0.25, 0.3) is 0 Å². The van der Waals surface area contributed by atoms with Crippen molar-refractivity contribution in [1.29, 1.82) is 0 Å². The third-order valence-corrected chi connectivity index (χ3v) is 3.86. The lowest BCUT2D eigenvalue weighted by atomic mass is 10.2. The number of nitro benzene ring substituents is 1. The molecule has 134 valence electrons. The first-order valence-corrected chi connectivity index (χ1v) is 7.92. The van der Waals surface area contributed by atoms with Gasteiger partial charge in [0.15, 0.2) is 0 Å². The number of hydrogen-bond acceptors (Lipinski definition) is 5. The van der Waals surface area contributed by atoms with E-state index in [0.29, 0.717) is 5.02 Å². The number of carbonyl (C=O) groups is 2. The molecule has 0 heterocycles. The average molecular weight is 395 g/mol. The van der Waals surface area contributed by atoms with Crippen molar-refractivity contribution in [2.75, 3.05) is 6.54 Å². The smallest absolute Gasteiger partial charge is 0.278 e. The molecule has 0 radical (unpaired) electrons. The lowest BCUT2D eigenvalue weighted by Crippen LogP contribution is -2.34. The molecule has 2 aromatic rings. The molecule has 2 rings (SSSR count). The number of nitrogens with one attached hydrogen (secondary N) is 2. The van der Waals surface area contributed by atoms with E-state index in [1.807, 2.05) is 0 Å². The molecule has 0 fully saturated rings. The molecule has 10 heteroatoms. The quantitative estimate of drug-likeness (QED) is 0.445. The van der Waals surface area contributed by atoms with E-state index in [4.69, 9.17) is 23.2 Å². The number of nitrogens with zero attached hydrogens (tertiary/aromatic N) is 2. The third kappa shape index (κ3) is 5.27. The summed E-state index contributed by atoms with van der Waals surface area (Å²) in [5, 5.41) is 17.4. The number of rotatable bonds is 6. The molecule has 0 saturated heterocycles. The fourth-order valence-corrected chi connectivity index (χ4v) is 2.17. The van der Waals surface area contributed by atoms with Crippen molar-refractivity contribution in [2.24, 2.45) is 5.10 Å². The Kier molecular flexibility index (Phi) is 6.65. The topological polar surface area (TPSA) is 114 Å². The SMILES string of the molecule is O=C(CNC(=O)c1ccc(Cl)c(Cl)c1)N/N=C/c1ccccc1[N+](=O)[O-]. The number of halogens is 2. The van der Waals surface area contributed by atoms with Crippen molar-refractivity contribution in [2.45, 2.75) is 0 Å². The van der Waals surface area contributed by atoms with Crippen LogP contribution in [-0.4, -0.2) is 29.5 Å². The van der Waals surface area contributed by atoms with E-state index < -0.39 is 16.7 Å². The second kappa shape index (κ2) is 8.93. The highest BCUT2D eigenvalue weighted by atomic mass is 35.5. The fraction of sp³-hybridized carbons (Fsp3) is 0.0625. The maximum Gasteiger partial charge on any atom is 0.278 e. The predicted octanol–water partition coefficient (Wildman–Crippen LogP) is 2.78. The third-order valence-electron chi connectivity index (χ3n) is 3.12. The molecule has 0 aliphatic rings. The first-order chi connectivity index (χ1) is 12.4. The highest BCUT2D eigenvalue weighted by molar-refractivity contribution is 6.42. The lowest BCUT2D eigenvalue weighted by molar-refractivity contribution is -0.385. The molecule has 26 heavy (non-hydrogen) atoms. The summed E-state index contributed by atoms with van der Waals surface area (Å²) >= 11 is 11.6. The summed E-state index contributed by atoms with van der Waals surface area (Å²) in [6.07, 6.45) is 1.15.